The monoisotopic (exact) mass is 252 g/mol. The van der Waals surface area contributed by atoms with E-state index in [4.69, 9.17) is 5.41 Å². The average Bonchev–Trinajstić information content (AvgIpc) is 2.52. The van der Waals surface area contributed by atoms with Crippen molar-refractivity contribution in [3.63, 3.8) is 0 Å². The third-order valence-corrected chi connectivity index (χ3v) is 3.15. The minimum Gasteiger partial charge on any atom is -0.329 e. The Morgan fingerprint density at radius 3 is 2.79 bits per heavy atom. The van der Waals surface area contributed by atoms with E-state index in [2.05, 4.69) is 46.0 Å². The summed E-state index contributed by atoms with van der Waals surface area (Å²) in [5.74, 6) is 0.731. The van der Waals surface area contributed by atoms with Crippen LogP contribution in [0.25, 0.3) is 0 Å². The Morgan fingerprint density at radius 2 is 2.21 bits per heavy atom. The summed E-state index contributed by atoms with van der Waals surface area (Å²) < 4.78 is 1.09. The van der Waals surface area contributed by atoms with Crippen molar-refractivity contribution in [3.05, 3.63) is 28.2 Å². The molecule has 1 aliphatic heterocycles. The van der Waals surface area contributed by atoms with E-state index in [0.29, 0.717) is 0 Å². The number of hydrogen-bond donors (Lipinski definition) is 1. The predicted molar refractivity (Wildman–Crippen MR) is 63.2 cm³/mol. The number of anilines is 1. The summed E-state index contributed by atoms with van der Waals surface area (Å²) in [6.07, 6.45) is 2.00. The summed E-state index contributed by atoms with van der Waals surface area (Å²) in [6, 6.07) is 6.27. The zero-order valence-electron chi connectivity index (χ0n) is 8.18. The van der Waals surface area contributed by atoms with E-state index in [1.807, 2.05) is 0 Å². The van der Waals surface area contributed by atoms with Gasteiger partial charge in [-0.3, -0.25) is 5.41 Å². The van der Waals surface area contributed by atoms with Crippen molar-refractivity contribution in [3.8, 4) is 0 Å². The van der Waals surface area contributed by atoms with Crippen molar-refractivity contribution in [2.75, 3.05) is 11.4 Å². The first-order valence-corrected chi connectivity index (χ1v) is 5.59. The zero-order valence-corrected chi connectivity index (χ0v) is 9.76. The largest absolute Gasteiger partial charge is 0.329 e. The van der Waals surface area contributed by atoms with Crippen molar-refractivity contribution in [1.29, 1.82) is 5.41 Å². The Hall–Kier alpha value is -0.830. The van der Waals surface area contributed by atoms with Crippen molar-refractivity contribution < 1.29 is 0 Å². The summed E-state index contributed by atoms with van der Waals surface area (Å²) >= 11 is 3.55. The first-order valence-electron chi connectivity index (χ1n) is 4.79. The van der Waals surface area contributed by atoms with E-state index in [1.54, 1.807) is 0 Å². The molecule has 1 aromatic rings. The highest BCUT2D eigenvalue weighted by molar-refractivity contribution is 9.10. The minimum absolute atomic E-state index is 0.731. The van der Waals surface area contributed by atoms with Gasteiger partial charge in [0, 0.05) is 17.4 Å². The molecule has 1 aromatic carbocycles. The van der Waals surface area contributed by atoms with Crippen molar-refractivity contribution >= 4 is 27.5 Å². The smallest absolute Gasteiger partial charge is 0.100 e. The molecule has 1 aliphatic rings. The van der Waals surface area contributed by atoms with Gasteiger partial charge in [-0.25, -0.2) is 0 Å². The van der Waals surface area contributed by atoms with Crippen LogP contribution in [-0.2, 0) is 0 Å². The van der Waals surface area contributed by atoms with Gasteiger partial charge in [0.15, 0.2) is 0 Å². The minimum atomic E-state index is 0.731. The molecule has 0 bridgehead atoms. The van der Waals surface area contributed by atoms with Crippen molar-refractivity contribution in [2.45, 2.75) is 19.8 Å². The van der Waals surface area contributed by atoms with Crippen molar-refractivity contribution in [1.82, 2.24) is 0 Å². The lowest BCUT2D eigenvalue weighted by atomic mass is 10.2. The Kier molecular flexibility index (Phi) is 2.59. The molecule has 1 heterocycles. The summed E-state index contributed by atoms with van der Waals surface area (Å²) in [5.41, 5.74) is 2.37. The molecular weight excluding hydrogens is 240 g/mol. The van der Waals surface area contributed by atoms with Gasteiger partial charge in [0.1, 0.15) is 5.84 Å². The molecule has 0 spiro atoms. The zero-order chi connectivity index (χ0) is 10.1. The Morgan fingerprint density at radius 1 is 1.43 bits per heavy atom. The summed E-state index contributed by atoms with van der Waals surface area (Å²) in [5, 5.41) is 7.80. The number of nitrogens with zero attached hydrogens (tertiary/aromatic N) is 1. The van der Waals surface area contributed by atoms with Gasteiger partial charge >= 0.3 is 0 Å². The molecule has 0 unspecified atom stereocenters. The fourth-order valence-electron chi connectivity index (χ4n) is 1.77. The molecule has 1 fully saturated rings. The van der Waals surface area contributed by atoms with Crippen LogP contribution in [0.4, 0.5) is 5.69 Å². The second kappa shape index (κ2) is 3.73. The van der Waals surface area contributed by atoms with Crippen LogP contribution in [-0.4, -0.2) is 12.4 Å². The van der Waals surface area contributed by atoms with Gasteiger partial charge in [0.05, 0.1) is 5.69 Å². The molecule has 0 amide bonds. The van der Waals surface area contributed by atoms with Crippen LogP contribution in [0.3, 0.4) is 0 Å². The number of rotatable bonds is 1. The molecule has 0 aliphatic carbocycles. The Labute approximate surface area is 92.6 Å². The van der Waals surface area contributed by atoms with Crippen molar-refractivity contribution in [2.24, 2.45) is 0 Å². The normalized spacial score (nSPS) is 16.4. The van der Waals surface area contributed by atoms with Crippen LogP contribution in [0.1, 0.15) is 18.4 Å². The third-order valence-electron chi connectivity index (χ3n) is 2.52. The van der Waals surface area contributed by atoms with E-state index >= 15 is 0 Å². The van der Waals surface area contributed by atoms with Gasteiger partial charge in [-0.15, -0.1) is 0 Å². The number of hydrogen-bond acceptors (Lipinski definition) is 1. The van der Waals surface area contributed by atoms with Crippen LogP contribution in [0.2, 0.25) is 0 Å². The Bertz CT molecular complexity index is 374. The van der Waals surface area contributed by atoms with Gasteiger partial charge in [0.25, 0.3) is 0 Å². The number of benzene rings is 1. The van der Waals surface area contributed by atoms with E-state index < -0.39 is 0 Å². The van der Waals surface area contributed by atoms with Gasteiger partial charge in [-0.05, 0) is 47.0 Å². The Balaban J connectivity index is 2.36. The van der Waals surface area contributed by atoms with E-state index in [0.717, 1.165) is 35.4 Å². The van der Waals surface area contributed by atoms with Crippen LogP contribution < -0.4 is 4.90 Å². The van der Waals surface area contributed by atoms with Gasteiger partial charge in [0.2, 0.25) is 0 Å². The lowest BCUT2D eigenvalue weighted by Crippen LogP contribution is -2.23. The lowest BCUT2D eigenvalue weighted by molar-refractivity contribution is 0.955. The standard InChI is InChI=1S/C11H13BrN2/c1-8-4-5-10(9(12)7-8)14-6-2-3-11(14)13/h4-5,7,13H,2-3,6H2,1H3. The van der Waals surface area contributed by atoms with Gasteiger partial charge in [-0.1, -0.05) is 6.07 Å². The molecule has 3 heteroatoms. The van der Waals surface area contributed by atoms with Gasteiger partial charge < -0.3 is 4.90 Å². The maximum Gasteiger partial charge on any atom is 0.100 e. The predicted octanol–water partition coefficient (Wildman–Crippen LogP) is 3.33. The lowest BCUT2D eigenvalue weighted by Gasteiger charge is -2.19. The maximum absolute atomic E-state index is 7.80. The topological polar surface area (TPSA) is 27.1 Å². The van der Waals surface area contributed by atoms with Crippen LogP contribution in [0, 0.1) is 12.3 Å². The molecule has 0 radical (unpaired) electrons. The third kappa shape index (κ3) is 1.69. The maximum atomic E-state index is 7.80. The first kappa shape index (κ1) is 9.71. The number of aryl methyl sites for hydroxylation is 1. The molecule has 0 aromatic heterocycles. The van der Waals surface area contributed by atoms with Crippen LogP contribution >= 0.6 is 15.9 Å². The van der Waals surface area contributed by atoms with Gasteiger partial charge in [-0.2, -0.15) is 0 Å². The quantitative estimate of drug-likeness (QED) is 0.816. The summed E-state index contributed by atoms with van der Waals surface area (Å²) in [6.45, 7) is 3.05. The molecule has 1 N–H and O–H groups in total. The summed E-state index contributed by atoms with van der Waals surface area (Å²) in [4.78, 5) is 2.07. The molecule has 0 saturated carbocycles. The fourth-order valence-corrected chi connectivity index (χ4v) is 2.48. The number of nitrogens with one attached hydrogen (secondary N) is 1. The molecule has 14 heavy (non-hydrogen) atoms. The van der Waals surface area contributed by atoms with Crippen LogP contribution in [0.5, 0.6) is 0 Å². The number of halogens is 1. The number of amidine groups is 1. The van der Waals surface area contributed by atoms with E-state index in [-0.39, 0.29) is 0 Å². The van der Waals surface area contributed by atoms with E-state index in [9.17, 15) is 0 Å². The molecule has 2 rings (SSSR count). The molecule has 74 valence electrons. The molecular formula is C11H13BrN2. The highest BCUT2D eigenvalue weighted by Crippen LogP contribution is 2.30. The molecule has 2 nitrogen and oxygen atoms in total. The second-order valence-electron chi connectivity index (χ2n) is 3.66. The van der Waals surface area contributed by atoms with Crippen LogP contribution in [0.15, 0.2) is 22.7 Å². The van der Waals surface area contributed by atoms with E-state index in [1.165, 1.54) is 5.56 Å². The fraction of sp³-hybridized carbons (Fsp3) is 0.364. The summed E-state index contributed by atoms with van der Waals surface area (Å²) in [7, 11) is 0. The average molecular weight is 253 g/mol. The highest BCUT2D eigenvalue weighted by atomic mass is 79.9. The highest BCUT2D eigenvalue weighted by Gasteiger charge is 2.19. The molecule has 1 saturated heterocycles. The second-order valence-corrected chi connectivity index (χ2v) is 4.51. The SMILES string of the molecule is Cc1ccc(N2CCCC2=N)c(Br)c1. The molecule has 0 atom stereocenters. The first-order chi connectivity index (χ1) is 6.68.